The summed E-state index contributed by atoms with van der Waals surface area (Å²) in [6, 6.07) is 2.06. The van der Waals surface area contributed by atoms with E-state index in [1.165, 1.54) is 6.33 Å². The highest BCUT2D eigenvalue weighted by molar-refractivity contribution is 6.33. The molecule has 2 N–H and O–H groups in total. The van der Waals surface area contributed by atoms with E-state index in [0.717, 1.165) is 17.5 Å². The molecule has 1 aliphatic rings. The fourth-order valence-electron chi connectivity index (χ4n) is 2.79. The topological polar surface area (TPSA) is 71.2 Å². The molecule has 0 amide bonds. The van der Waals surface area contributed by atoms with Crippen LogP contribution in [0.25, 0.3) is 11.0 Å². The van der Waals surface area contributed by atoms with E-state index in [2.05, 4.69) is 9.97 Å². The average Bonchev–Trinajstić information content (AvgIpc) is 2.75. The normalized spacial score (nSPS) is 27.4. The monoisotopic (exact) mass is 267 g/mol. The third-order valence-corrected chi connectivity index (χ3v) is 4.21. The molecular weight excluding hydrogens is 254 g/mol. The first kappa shape index (κ1) is 11.9. The number of hydrogen-bond acceptors (Lipinski definition) is 4. The predicted octanol–water partition coefficient (Wildman–Crippen LogP) is 1.25. The molecule has 6 heteroatoms. The SMILES string of the molecule is OCC1CC(n2ccc3c(Cl)ncnc32)C1CO. The van der Waals surface area contributed by atoms with Crippen LogP contribution < -0.4 is 0 Å². The van der Waals surface area contributed by atoms with Crippen molar-refractivity contribution in [1.82, 2.24) is 14.5 Å². The Morgan fingerprint density at radius 2 is 2.17 bits per heavy atom. The van der Waals surface area contributed by atoms with Gasteiger partial charge in [-0.1, -0.05) is 11.6 Å². The first-order valence-corrected chi connectivity index (χ1v) is 6.32. The molecule has 2 aromatic heterocycles. The van der Waals surface area contributed by atoms with E-state index in [1.54, 1.807) is 0 Å². The van der Waals surface area contributed by atoms with E-state index in [4.69, 9.17) is 11.6 Å². The van der Waals surface area contributed by atoms with E-state index in [1.807, 2.05) is 16.8 Å². The van der Waals surface area contributed by atoms with Crippen molar-refractivity contribution in [3.8, 4) is 0 Å². The minimum absolute atomic E-state index is 0.0778. The molecule has 18 heavy (non-hydrogen) atoms. The minimum Gasteiger partial charge on any atom is -0.396 e. The van der Waals surface area contributed by atoms with Crippen LogP contribution in [-0.2, 0) is 0 Å². The Kier molecular flexibility index (Phi) is 2.97. The fourth-order valence-corrected chi connectivity index (χ4v) is 2.98. The Bertz CT molecular complexity index is 571. The third-order valence-electron chi connectivity index (χ3n) is 3.91. The Hall–Kier alpha value is -1.17. The smallest absolute Gasteiger partial charge is 0.145 e. The van der Waals surface area contributed by atoms with E-state index < -0.39 is 0 Å². The average molecular weight is 268 g/mol. The molecule has 5 nitrogen and oxygen atoms in total. The minimum atomic E-state index is 0.0778. The molecule has 96 valence electrons. The highest BCUT2D eigenvalue weighted by atomic mass is 35.5. The molecule has 1 saturated carbocycles. The molecule has 1 fully saturated rings. The molecule has 0 aromatic carbocycles. The Morgan fingerprint density at radius 1 is 1.33 bits per heavy atom. The summed E-state index contributed by atoms with van der Waals surface area (Å²) in [5.41, 5.74) is 0.787. The summed E-state index contributed by atoms with van der Waals surface area (Å²) in [6.45, 7) is 0.199. The van der Waals surface area contributed by atoms with Crippen molar-refractivity contribution in [3.05, 3.63) is 23.7 Å². The lowest BCUT2D eigenvalue weighted by Gasteiger charge is -2.43. The van der Waals surface area contributed by atoms with Crippen molar-refractivity contribution in [1.29, 1.82) is 0 Å². The summed E-state index contributed by atoms with van der Waals surface area (Å²) in [6.07, 6.45) is 4.22. The van der Waals surface area contributed by atoms with Crippen LogP contribution in [0.2, 0.25) is 5.15 Å². The van der Waals surface area contributed by atoms with Gasteiger partial charge in [-0.2, -0.15) is 0 Å². The lowest BCUT2D eigenvalue weighted by atomic mass is 9.70. The first-order chi connectivity index (χ1) is 8.76. The van der Waals surface area contributed by atoms with Crippen molar-refractivity contribution >= 4 is 22.6 Å². The van der Waals surface area contributed by atoms with Crippen LogP contribution in [0.4, 0.5) is 0 Å². The zero-order valence-corrected chi connectivity index (χ0v) is 10.5. The van der Waals surface area contributed by atoms with Gasteiger partial charge in [-0.05, 0) is 18.4 Å². The summed E-state index contributed by atoms with van der Waals surface area (Å²) in [5, 5.41) is 19.9. The van der Waals surface area contributed by atoms with E-state index in [-0.39, 0.29) is 31.1 Å². The van der Waals surface area contributed by atoms with Crippen LogP contribution in [0.3, 0.4) is 0 Å². The maximum atomic E-state index is 9.40. The maximum absolute atomic E-state index is 9.40. The zero-order chi connectivity index (χ0) is 12.7. The number of aliphatic hydroxyl groups is 2. The van der Waals surface area contributed by atoms with Gasteiger partial charge in [0.15, 0.2) is 0 Å². The quantitative estimate of drug-likeness (QED) is 0.821. The van der Waals surface area contributed by atoms with E-state index in [0.29, 0.717) is 5.15 Å². The van der Waals surface area contributed by atoms with Gasteiger partial charge in [-0.15, -0.1) is 0 Å². The molecule has 2 heterocycles. The standard InChI is InChI=1S/C12H14ClN3O2/c13-11-8-1-2-16(12(8)15-6-14-11)10-3-7(4-17)9(10)5-18/h1-2,6-7,9-10,17-18H,3-5H2. The van der Waals surface area contributed by atoms with E-state index in [9.17, 15) is 10.2 Å². The second-order valence-corrected chi connectivity index (χ2v) is 5.07. The van der Waals surface area contributed by atoms with Gasteiger partial charge in [-0.3, -0.25) is 0 Å². The Labute approximate surface area is 109 Å². The van der Waals surface area contributed by atoms with Crippen LogP contribution in [0, 0.1) is 11.8 Å². The van der Waals surface area contributed by atoms with Gasteiger partial charge < -0.3 is 14.8 Å². The maximum Gasteiger partial charge on any atom is 0.145 e. The lowest BCUT2D eigenvalue weighted by molar-refractivity contribution is -0.00506. The van der Waals surface area contributed by atoms with Crippen LogP contribution in [0.1, 0.15) is 12.5 Å². The summed E-state index contributed by atoms with van der Waals surface area (Å²) < 4.78 is 2.02. The van der Waals surface area contributed by atoms with Crippen molar-refractivity contribution in [2.75, 3.05) is 13.2 Å². The van der Waals surface area contributed by atoms with Gasteiger partial charge in [0.2, 0.25) is 0 Å². The first-order valence-electron chi connectivity index (χ1n) is 5.95. The largest absolute Gasteiger partial charge is 0.396 e. The van der Waals surface area contributed by atoms with Gasteiger partial charge in [0.1, 0.15) is 17.1 Å². The van der Waals surface area contributed by atoms with Crippen LogP contribution >= 0.6 is 11.6 Å². The van der Waals surface area contributed by atoms with Gasteiger partial charge in [-0.25, -0.2) is 9.97 Å². The van der Waals surface area contributed by atoms with Crippen LogP contribution in [0.15, 0.2) is 18.6 Å². The number of nitrogens with zero attached hydrogens (tertiary/aromatic N) is 3. The molecule has 2 aromatic rings. The van der Waals surface area contributed by atoms with Crippen molar-refractivity contribution in [2.24, 2.45) is 11.8 Å². The summed E-state index contributed by atoms with van der Waals surface area (Å²) >= 11 is 6.01. The number of hydrogen-bond donors (Lipinski definition) is 2. The van der Waals surface area contributed by atoms with Crippen molar-refractivity contribution in [2.45, 2.75) is 12.5 Å². The third kappa shape index (κ3) is 1.62. The molecule has 1 aliphatic carbocycles. The second kappa shape index (κ2) is 4.50. The number of rotatable bonds is 3. The molecule has 0 radical (unpaired) electrons. The molecule has 3 unspecified atom stereocenters. The molecule has 0 bridgehead atoms. The van der Waals surface area contributed by atoms with Gasteiger partial charge >= 0.3 is 0 Å². The number of aliphatic hydroxyl groups excluding tert-OH is 2. The fraction of sp³-hybridized carbons (Fsp3) is 0.500. The van der Waals surface area contributed by atoms with Gasteiger partial charge in [0.25, 0.3) is 0 Å². The summed E-state index contributed by atoms with van der Waals surface area (Å²) in [5.74, 6) is 0.258. The van der Waals surface area contributed by atoms with Gasteiger partial charge in [0.05, 0.1) is 5.39 Å². The highest BCUT2D eigenvalue weighted by Crippen LogP contribution is 2.44. The highest BCUT2D eigenvalue weighted by Gasteiger charge is 2.41. The van der Waals surface area contributed by atoms with Crippen LogP contribution in [0.5, 0.6) is 0 Å². The molecule has 0 aliphatic heterocycles. The van der Waals surface area contributed by atoms with Crippen LogP contribution in [-0.4, -0.2) is 38.0 Å². The molecule has 0 spiro atoms. The summed E-state index contributed by atoms with van der Waals surface area (Å²) in [4.78, 5) is 8.19. The zero-order valence-electron chi connectivity index (χ0n) is 9.70. The Morgan fingerprint density at radius 3 is 2.89 bits per heavy atom. The molecule has 3 rings (SSSR count). The number of halogens is 1. The predicted molar refractivity (Wildman–Crippen MR) is 67.3 cm³/mol. The lowest BCUT2D eigenvalue weighted by Crippen LogP contribution is -2.42. The molecule has 3 atom stereocenters. The van der Waals surface area contributed by atoms with Crippen molar-refractivity contribution < 1.29 is 10.2 Å². The molecule has 0 saturated heterocycles. The summed E-state index contributed by atoms with van der Waals surface area (Å²) in [7, 11) is 0. The number of aromatic nitrogens is 3. The van der Waals surface area contributed by atoms with E-state index >= 15 is 0 Å². The Balaban J connectivity index is 1.99. The number of fused-ring (bicyclic) bond motifs is 1. The second-order valence-electron chi connectivity index (χ2n) is 4.72. The van der Waals surface area contributed by atoms with Gasteiger partial charge in [0, 0.05) is 31.4 Å². The molecular formula is C12H14ClN3O2. The van der Waals surface area contributed by atoms with Crippen molar-refractivity contribution in [3.63, 3.8) is 0 Å².